The van der Waals surface area contributed by atoms with Crippen LogP contribution in [-0.4, -0.2) is 33.1 Å². The summed E-state index contributed by atoms with van der Waals surface area (Å²) in [6, 6.07) is 16.3. The van der Waals surface area contributed by atoms with Crippen LogP contribution >= 0.6 is 0 Å². The van der Waals surface area contributed by atoms with Gasteiger partial charge in [0.05, 0.1) is 19.8 Å². The molecular formula is C25H23NO6. The number of hydrogen-bond acceptors (Lipinski definition) is 6. The van der Waals surface area contributed by atoms with Crippen molar-refractivity contribution < 1.29 is 28.5 Å². The summed E-state index contributed by atoms with van der Waals surface area (Å²) in [4.78, 5) is 23.8. The van der Waals surface area contributed by atoms with E-state index in [-0.39, 0.29) is 25.1 Å². The number of amides is 1. The van der Waals surface area contributed by atoms with Gasteiger partial charge in [0.15, 0.2) is 11.5 Å². The fourth-order valence-corrected chi connectivity index (χ4v) is 3.71. The third-order valence-corrected chi connectivity index (χ3v) is 5.36. The number of benzene rings is 3. The van der Waals surface area contributed by atoms with E-state index < -0.39 is 0 Å². The Labute approximate surface area is 185 Å². The van der Waals surface area contributed by atoms with Crippen LogP contribution in [0.1, 0.15) is 31.8 Å². The van der Waals surface area contributed by atoms with E-state index in [4.69, 9.17) is 18.9 Å². The molecule has 0 radical (unpaired) electrons. The predicted octanol–water partition coefficient (Wildman–Crippen LogP) is 3.98. The number of rotatable bonds is 7. The van der Waals surface area contributed by atoms with Crippen molar-refractivity contribution in [1.82, 2.24) is 5.32 Å². The molecule has 1 aliphatic rings. The summed E-state index contributed by atoms with van der Waals surface area (Å²) in [6.45, 7) is 0.452. The minimum absolute atomic E-state index is 0.149. The van der Waals surface area contributed by atoms with Crippen molar-refractivity contribution in [3.05, 3.63) is 76.9 Å². The van der Waals surface area contributed by atoms with E-state index in [1.807, 2.05) is 30.3 Å². The maximum absolute atomic E-state index is 12.0. The number of carbonyl (C=O) groups excluding carboxylic acids is 2. The van der Waals surface area contributed by atoms with E-state index in [1.165, 1.54) is 0 Å². The normalized spacial score (nSPS) is 12.0. The third-order valence-electron chi connectivity index (χ3n) is 5.36. The van der Waals surface area contributed by atoms with Gasteiger partial charge in [-0.3, -0.25) is 4.79 Å². The second kappa shape index (κ2) is 9.01. The van der Waals surface area contributed by atoms with Crippen LogP contribution in [0.4, 0.5) is 0 Å². The number of cyclic esters (lactones) is 1. The largest absolute Gasteiger partial charge is 0.493 e. The Hall–Kier alpha value is -4.00. The van der Waals surface area contributed by atoms with Gasteiger partial charge in [0, 0.05) is 23.7 Å². The van der Waals surface area contributed by atoms with Gasteiger partial charge in [0.1, 0.15) is 13.2 Å². The third kappa shape index (κ3) is 3.85. The minimum Gasteiger partial charge on any atom is -0.493 e. The van der Waals surface area contributed by atoms with Gasteiger partial charge in [-0.1, -0.05) is 24.3 Å². The smallest absolute Gasteiger partial charge is 0.338 e. The SMILES string of the molecule is CNC(=O)c1ccc(COc2c(-c3cccc4c3COC4=O)ccc(OC)c2OC)cc1. The molecule has 3 aromatic carbocycles. The lowest BCUT2D eigenvalue weighted by atomic mass is 9.95. The van der Waals surface area contributed by atoms with E-state index in [0.29, 0.717) is 28.4 Å². The highest BCUT2D eigenvalue weighted by atomic mass is 16.5. The van der Waals surface area contributed by atoms with Crippen molar-refractivity contribution in [2.24, 2.45) is 0 Å². The number of ether oxygens (including phenoxy) is 4. The van der Waals surface area contributed by atoms with Crippen LogP contribution in [0.3, 0.4) is 0 Å². The summed E-state index contributed by atoms with van der Waals surface area (Å²) < 4.78 is 22.5. The van der Waals surface area contributed by atoms with Crippen LogP contribution in [0.15, 0.2) is 54.6 Å². The summed E-state index contributed by atoms with van der Waals surface area (Å²) in [5, 5.41) is 2.60. The molecule has 7 nitrogen and oxygen atoms in total. The Morgan fingerprint density at radius 3 is 2.38 bits per heavy atom. The van der Waals surface area contributed by atoms with E-state index >= 15 is 0 Å². The minimum atomic E-state index is -0.332. The average molecular weight is 433 g/mol. The highest BCUT2D eigenvalue weighted by Gasteiger charge is 2.27. The topological polar surface area (TPSA) is 83.1 Å². The van der Waals surface area contributed by atoms with Gasteiger partial charge < -0.3 is 24.3 Å². The monoisotopic (exact) mass is 433 g/mol. The summed E-state index contributed by atoms with van der Waals surface area (Å²) in [6.07, 6.45) is 0. The van der Waals surface area contributed by atoms with Crippen LogP contribution in [0.5, 0.6) is 17.2 Å². The summed E-state index contributed by atoms with van der Waals surface area (Å²) in [5.74, 6) is 0.996. The molecule has 0 saturated carbocycles. The Balaban J connectivity index is 1.73. The average Bonchev–Trinajstić information content (AvgIpc) is 3.22. The van der Waals surface area contributed by atoms with E-state index in [1.54, 1.807) is 45.5 Å². The maximum Gasteiger partial charge on any atom is 0.338 e. The molecule has 0 aromatic heterocycles. The zero-order chi connectivity index (χ0) is 22.7. The molecular weight excluding hydrogens is 410 g/mol. The van der Waals surface area contributed by atoms with Crippen LogP contribution in [0.25, 0.3) is 11.1 Å². The van der Waals surface area contributed by atoms with Crippen LogP contribution in [0.2, 0.25) is 0 Å². The molecule has 0 atom stereocenters. The van der Waals surface area contributed by atoms with Crippen LogP contribution in [-0.2, 0) is 18.0 Å². The first-order chi connectivity index (χ1) is 15.6. The maximum atomic E-state index is 12.0. The zero-order valence-electron chi connectivity index (χ0n) is 18.1. The van der Waals surface area contributed by atoms with Gasteiger partial charge in [-0.25, -0.2) is 4.79 Å². The van der Waals surface area contributed by atoms with Gasteiger partial charge in [0.2, 0.25) is 5.75 Å². The first-order valence-corrected chi connectivity index (χ1v) is 10.1. The molecule has 7 heteroatoms. The first kappa shape index (κ1) is 21.2. The van der Waals surface area contributed by atoms with Crippen LogP contribution < -0.4 is 19.5 Å². The van der Waals surface area contributed by atoms with Gasteiger partial charge in [-0.15, -0.1) is 0 Å². The molecule has 4 rings (SSSR count). The molecule has 1 amide bonds. The Morgan fingerprint density at radius 2 is 1.69 bits per heavy atom. The standard InChI is InChI=1S/C25H23NO6/c1-26-24(27)16-9-7-15(8-10-16)13-31-22-18(11-12-21(29-2)23(22)30-3)17-5-4-6-19-20(17)14-32-25(19)28/h4-12H,13-14H2,1-3H3,(H,26,27). The Bertz CT molecular complexity index is 1170. The first-order valence-electron chi connectivity index (χ1n) is 10.1. The summed E-state index contributed by atoms with van der Waals surface area (Å²) >= 11 is 0. The number of nitrogens with one attached hydrogen (secondary N) is 1. The lowest BCUT2D eigenvalue weighted by molar-refractivity contribution is 0.0535. The molecule has 0 aliphatic carbocycles. The molecule has 1 heterocycles. The number of hydrogen-bond donors (Lipinski definition) is 1. The van der Waals surface area contributed by atoms with Crippen molar-refractivity contribution in [2.45, 2.75) is 13.2 Å². The van der Waals surface area contributed by atoms with Crippen molar-refractivity contribution in [3.63, 3.8) is 0 Å². The quantitative estimate of drug-likeness (QED) is 0.568. The molecule has 1 N–H and O–H groups in total. The highest BCUT2D eigenvalue weighted by molar-refractivity contribution is 5.97. The molecule has 0 unspecified atom stereocenters. The van der Waals surface area contributed by atoms with Gasteiger partial charge in [-0.05, 0) is 41.5 Å². The van der Waals surface area contributed by atoms with Crippen molar-refractivity contribution in [2.75, 3.05) is 21.3 Å². The molecule has 0 spiro atoms. The highest BCUT2D eigenvalue weighted by Crippen LogP contribution is 2.46. The van der Waals surface area contributed by atoms with E-state index in [2.05, 4.69) is 5.32 Å². The van der Waals surface area contributed by atoms with Crippen molar-refractivity contribution in [3.8, 4) is 28.4 Å². The van der Waals surface area contributed by atoms with E-state index in [9.17, 15) is 9.59 Å². The molecule has 0 fully saturated rings. The van der Waals surface area contributed by atoms with Crippen molar-refractivity contribution in [1.29, 1.82) is 0 Å². The fourth-order valence-electron chi connectivity index (χ4n) is 3.71. The Kier molecular flexibility index (Phi) is 5.98. The second-order valence-electron chi connectivity index (χ2n) is 7.15. The van der Waals surface area contributed by atoms with E-state index in [0.717, 1.165) is 22.3 Å². The van der Waals surface area contributed by atoms with Gasteiger partial charge in [0.25, 0.3) is 5.91 Å². The fraction of sp³-hybridized carbons (Fsp3) is 0.200. The van der Waals surface area contributed by atoms with Crippen LogP contribution in [0, 0.1) is 0 Å². The molecule has 3 aromatic rings. The second-order valence-corrected chi connectivity index (χ2v) is 7.15. The van der Waals surface area contributed by atoms with Gasteiger partial charge in [-0.2, -0.15) is 0 Å². The summed E-state index contributed by atoms with van der Waals surface area (Å²) in [7, 11) is 4.70. The summed E-state index contributed by atoms with van der Waals surface area (Å²) in [5.41, 5.74) is 4.40. The number of methoxy groups -OCH3 is 2. The molecule has 32 heavy (non-hydrogen) atoms. The molecule has 0 bridgehead atoms. The molecule has 164 valence electrons. The molecule has 0 saturated heterocycles. The molecule has 1 aliphatic heterocycles. The number of esters is 1. The van der Waals surface area contributed by atoms with Gasteiger partial charge >= 0.3 is 5.97 Å². The lowest BCUT2D eigenvalue weighted by Crippen LogP contribution is -2.17. The Morgan fingerprint density at radius 1 is 0.938 bits per heavy atom. The number of fused-ring (bicyclic) bond motifs is 1. The zero-order valence-corrected chi connectivity index (χ0v) is 18.1. The number of carbonyl (C=O) groups is 2. The van der Waals surface area contributed by atoms with Crippen molar-refractivity contribution >= 4 is 11.9 Å². The predicted molar refractivity (Wildman–Crippen MR) is 118 cm³/mol. The lowest BCUT2D eigenvalue weighted by Gasteiger charge is -2.19.